The second-order valence-corrected chi connectivity index (χ2v) is 5.18. The van der Waals surface area contributed by atoms with Crippen molar-refractivity contribution >= 4 is 0 Å². The van der Waals surface area contributed by atoms with Crippen molar-refractivity contribution < 1.29 is 9.47 Å². The Morgan fingerprint density at radius 1 is 1.20 bits per heavy atom. The zero-order chi connectivity index (χ0) is 13.5. The first-order valence-electron chi connectivity index (χ1n) is 6.75. The van der Waals surface area contributed by atoms with Gasteiger partial charge in [0.25, 0.3) is 0 Å². The molecule has 5 nitrogen and oxygen atoms in total. The Morgan fingerprint density at radius 2 is 2.00 bits per heavy atom. The third-order valence-electron chi connectivity index (χ3n) is 3.82. The fraction of sp³-hybridized carbons (Fsp3) is 0.333. The molecule has 2 aliphatic heterocycles. The highest BCUT2D eigenvalue weighted by atomic mass is 16.7. The number of aryl methyl sites for hydroxylation is 1. The van der Waals surface area contributed by atoms with E-state index in [1.807, 2.05) is 24.4 Å². The van der Waals surface area contributed by atoms with Crippen LogP contribution in [0.3, 0.4) is 0 Å². The predicted molar refractivity (Wildman–Crippen MR) is 73.9 cm³/mol. The highest BCUT2D eigenvalue weighted by Gasteiger charge is 2.23. The summed E-state index contributed by atoms with van der Waals surface area (Å²) < 4.78 is 10.8. The Labute approximate surface area is 117 Å². The van der Waals surface area contributed by atoms with Crippen molar-refractivity contribution in [3.8, 4) is 22.8 Å². The van der Waals surface area contributed by atoms with Crippen molar-refractivity contribution in [3.63, 3.8) is 0 Å². The number of hydrogen-bond donors (Lipinski definition) is 1. The first-order valence-corrected chi connectivity index (χ1v) is 6.75. The van der Waals surface area contributed by atoms with E-state index in [1.54, 1.807) is 0 Å². The number of ether oxygens (including phenoxy) is 2. The van der Waals surface area contributed by atoms with Gasteiger partial charge < -0.3 is 14.8 Å². The summed E-state index contributed by atoms with van der Waals surface area (Å²) in [4.78, 5) is 9.09. The van der Waals surface area contributed by atoms with Crippen LogP contribution >= 0.6 is 0 Å². The fourth-order valence-corrected chi connectivity index (χ4v) is 2.51. The molecule has 0 bridgehead atoms. The summed E-state index contributed by atoms with van der Waals surface area (Å²) in [5.74, 6) is 2.95. The van der Waals surface area contributed by atoms with Crippen molar-refractivity contribution in [2.75, 3.05) is 19.9 Å². The van der Waals surface area contributed by atoms with Gasteiger partial charge in [-0.15, -0.1) is 0 Å². The average molecular weight is 269 g/mol. The van der Waals surface area contributed by atoms with E-state index in [0.29, 0.717) is 12.7 Å². The molecule has 102 valence electrons. The number of fused-ring (bicyclic) bond motifs is 1. The van der Waals surface area contributed by atoms with Crippen molar-refractivity contribution in [1.29, 1.82) is 0 Å². The van der Waals surface area contributed by atoms with Crippen molar-refractivity contribution in [3.05, 3.63) is 35.8 Å². The summed E-state index contributed by atoms with van der Waals surface area (Å²) in [5.41, 5.74) is 3.15. The smallest absolute Gasteiger partial charge is 0.231 e. The third-order valence-corrected chi connectivity index (χ3v) is 3.82. The molecule has 0 saturated carbocycles. The van der Waals surface area contributed by atoms with Gasteiger partial charge in [0.05, 0.1) is 5.69 Å². The lowest BCUT2D eigenvalue weighted by molar-refractivity contribution is 0.174. The molecule has 0 atom stereocenters. The van der Waals surface area contributed by atoms with Gasteiger partial charge >= 0.3 is 0 Å². The van der Waals surface area contributed by atoms with Gasteiger partial charge in [0.1, 0.15) is 5.82 Å². The zero-order valence-corrected chi connectivity index (χ0v) is 11.2. The van der Waals surface area contributed by atoms with Gasteiger partial charge in [-0.1, -0.05) is 0 Å². The molecule has 1 N–H and O–H groups in total. The lowest BCUT2D eigenvalue weighted by atomic mass is 10.0. The van der Waals surface area contributed by atoms with E-state index in [0.717, 1.165) is 47.2 Å². The molecular weight excluding hydrogens is 254 g/mol. The van der Waals surface area contributed by atoms with E-state index in [2.05, 4.69) is 17.2 Å². The summed E-state index contributed by atoms with van der Waals surface area (Å²) in [5, 5.41) is 3.25. The second-order valence-electron chi connectivity index (χ2n) is 5.18. The van der Waals surface area contributed by atoms with Crippen molar-refractivity contribution in [2.45, 2.75) is 12.8 Å². The number of nitrogens with one attached hydrogen (secondary N) is 1. The van der Waals surface area contributed by atoms with Crippen LogP contribution in [0.5, 0.6) is 11.5 Å². The summed E-state index contributed by atoms with van der Waals surface area (Å²) in [7, 11) is 0. The molecule has 0 unspecified atom stereocenters. The van der Waals surface area contributed by atoms with Crippen molar-refractivity contribution in [1.82, 2.24) is 15.3 Å². The van der Waals surface area contributed by atoms with Crippen LogP contribution in [-0.2, 0) is 0 Å². The maximum Gasteiger partial charge on any atom is 0.231 e. The maximum absolute atomic E-state index is 5.45. The average Bonchev–Trinajstić information content (AvgIpc) is 2.83. The summed E-state index contributed by atoms with van der Waals surface area (Å²) in [6.45, 7) is 4.28. The van der Waals surface area contributed by atoms with Gasteiger partial charge in [-0.05, 0) is 30.7 Å². The number of nitrogens with zero attached hydrogens (tertiary/aromatic N) is 2. The largest absolute Gasteiger partial charge is 0.454 e. The molecule has 4 rings (SSSR count). The Hall–Kier alpha value is -2.14. The van der Waals surface area contributed by atoms with Crippen LogP contribution in [0.15, 0.2) is 24.4 Å². The van der Waals surface area contributed by atoms with Crippen LogP contribution in [-0.4, -0.2) is 29.9 Å². The van der Waals surface area contributed by atoms with E-state index in [-0.39, 0.29) is 0 Å². The zero-order valence-electron chi connectivity index (χ0n) is 11.2. The van der Waals surface area contributed by atoms with Gasteiger partial charge in [0.2, 0.25) is 6.79 Å². The van der Waals surface area contributed by atoms with Crippen LogP contribution in [0.25, 0.3) is 11.3 Å². The lowest BCUT2D eigenvalue weighted by Gasteiger charge is -2.25. The molecule has 0 amide bonds. The quantitative estimate of drug-likeness (QED) is 0.902. The molecule has 1 aromatic heterocycles. The molecule has 1 aromatic carbocycles. The molecule has 0 radical (unpaired) electrons. The minimum Gasteiger partial charge on any atom is -0.454 e. The minimum absolute atomic E-state index is 0.293. The Balaban J connectivity index is 1.77. The number of rotatable bonds is 2. The molecule has 2 aliphatic rings. The third kappa shape index (κ3) is 1.82. The summed E-state index contributed by atoms with van der Waals surface area (Å²) in [6.07, 6.45) is 1.83. The molecule has 20 heavy (non-hydrogen) atoms. The molecule has 1 fully saturated rings. The van der Waals surface area contributed by atoms with E-state index < -0.39 is 0 Å². The summed E-state index contributed by atoms with van der Waals surface area (Å²) >= 11 is 0. The van der Waals surface area contributed by atoms with E-state index in [9.17, 15) is 0 Å². The Bertz CT molecular complexity index is 668. The normalized spacial score (nSPS) is 17.1. The minimum atomic E-state index is 0.293. The van der Waals surface area contributed by atoms with Crippen LogP contribution < -0.4 is 14.8 Å². The van der Waals surface area contributed by atoms with Crippen LogP contribution in [0.4, 0.5) is 0 Å². The maximum atomic E-state index is 5.45. The second kappa shape index (κ2) is 4.45. The molecule has 1 saturated heterocycles. The Morgan fingerprint density at radius 3 is 2.75 bits per heavy atom. The SMILES string of the molecule is Cc1cc2c(cc1-c1ccnc(C3CNC3)n1)OCO2. The monoisotopic (exact) mass is 269 g/mol. The fourth-order valence-electron chi connectivity index (χ4n) is 2.51. The van der Waals surface area contributed by atoms with Crippen LogP contribution in [0.2, 0.25) is 0 Å². The van der Waals surface area contributed by atoms with Crippen molar-refractivity contribution in [2.24, 2.45) is 0 Å². The van der Waals surface area contributed by atoms with Gasteiger partial charge in [-0.2, -0.15) is 0 Å². The molecule has 5 heteroatoms. The number of aromatic nitrogens is 2. The first kappa shape index (κ1) is 11.7. The van der Waals surface area contributed by atoms with E-state index >= 15 is 0 Å². The summed E-state index contributed by atoms with van der Waals surface area (Å²) in [6, 6.07) is 5.95. The molecule has 3 heterocycles. The topological polar surface area (TPSA) is 56.3 Å². The first-order chi connectivity index (χ1) is 9.81. The highest BCUT2D eigenvalue weighted by Crippen LogP contribution is 2.38. The number of hydrogen-bond acceptors (Lipinski definition) is 5. The van der Waals surface area contributed by atoms with Crippen LogP contribution in [0, 0.1) is 6.92 Å². The standard InChI is InChI=1S/C15H15N3O2/c1-9-4-13-14(20-8-19-13)5-11(9)12-2-3-17-15(18-12)10-6-16-7-10/h2-5,10,16H,6-8H2,1H3. The highest BCUT2D eigenvalue weighted by molar-refractivity contribution is 5.68. The molecule has 2 aromatic rings. The van der Waals surface area contributed by atoms with Gasteiger partial charge in [0.15, 0.2) is 11.5 Å². The molecule has 0 aliphatic carbocycles. The van der Waals surface area contributed by atoms with E-state index in [4.69, 9.17) is 14.5 Å². The van der Waals surface area contributed by atoms with Gasteiger partial charge in [-0.3, -0.25) is 0 Å². The van der Waals surface area contributed by atoms with Gasteiger partial charge in [-0.25, -0.2) is 9.97 Å². The predicted octanol–water partition coefficient (Wildman–Crippen LogP) is 1.87. The van der Waals surface area contributed by atoms with Gasteiger partial charge in [0, 0.05) is 30.8 Å². The number of benzene rings is 1. The lowest BCUT2D eigenvalue weighted by Crippen LogP contribution is -2.40. The van der Waals surface area contributed by atoms with E-state index in [1.165, 1.54) is 0 Å². The molecule has 0 spiro atoms. The van der Waals surface area contributed by atoms with Crippen LogP contribution in [0.1, 0.15) is 17.3 Å². The molecular formula is C15H15N3O2. The Kier molecular flexibility index (Phi) is 2.60.